The summed E-state index contributed by atoms with van der Waals surface area (Å²) in [6.45, 7) is 4.48. The molecular formula is C26H42O2. The number of carbonyl (C=O) groups excluding carboxylic acids is 1. The van der Waals surface area contributed by atoms with Crippen LogP contribution in [0.2, 0.25) is 0 Å². The fourth-order valence-electron chi connectivity index (χ4n) is 3.42. The first-order valence-corrected chi connectivity index (χ1v) is 11.6. The summed E-state index contributed by atoms with van der Waals surface area (Å²) < 4.78 is 5.82. The highest BCUT2D eigenvalue weighted by Gasteiger charge is 2.13. The van der Waals surface area contributed by atoms with Crippen LogP contribution in [0.3, 0.4) is 0 Å². The van der Waals surface area contributed by atoms with Crippen molar-refractivity contribution in [1.82, 2.24) is 0 Å². The molecule has 0 aliphatic carbocycles. The number of hydrogen-bond donors (Lipinski definition) is 0. The molecule has 0 bridgehead atoms. The van der Waals surface area contributed by atoms with Crippen molar-refractivity contribution in [2.75, 3.05) is 0 Å². The van der Waals surface area contributed by atoms with Gasteiger partial charge in [0.15, 0.2) is 0 Å². The van der Waals surface area contributed by atoms with Gasteiger partial charge in [-0.2, -0.15) is 0 Å². The van der Waals surface area contributed by atoms with E-state index in [0.717, 1.165) is 31.2 Å². The van der Waals surface area contributed by atoms with Crippen molar-refractivity contribution in [3.63, 3.8) is 0 Å². The highest BCUT2D eigenvalue weighted by molar-refractivity contribution is 5.72. The van der Waals surface area contributed by atoms with Crippen molar-refractivity contribution >= 4 is 5.97 Å². The number of ether oxygens (including phenoxy) is 1. The third-order valence-corrected chi connectivity index (χ3v) is 5.16. The summed E-state index contributed by atoms with van der Waals surface area (Å²) >= 11 is 0. The van der Waals surface area contributed by atoms with E-state index in [-0.39, 0.29) is 12.1 Å². The summed E-state index contributed by atoms with van der Waals surface area (Å²) in [5.41, 5.74) is 1.02. The Balaban J connectivity index is 2.32. The summed E-state index contributed by atoms with van der Waals surface area (Å²) in [4.78, 5) is 12.3. The number of esters is 1. The Labute approximate surface area is 173 Å². The number of unbranched alkanes of at least 4 members (excludes halogenated alkanes) is 9. The molecule has 1 aromatic carbocycles. The van der Waals surface area contributed by atoms with Crippen LogP contribution in [0.15, 0.2) is 42.5 Å². The second-order valence-electron chi connectivity index (χ2n) is 7.89. The van der Waals surface area contributed by atoms with E-state index in [0.29, 0.717) is 6.42 Å². The summed E-state index contributed by atoms with van der Waals surface area (Å²) in [5.74, 6) is -0.101. The van der Waals surface area contributed by atoms with Crippen molar-refractivity contribution in [2.24, 2.45) is 0 Å². The Bertz CT molecular complexity index is 506. The molecular weight excluding hydrogens is 344 g/mol. The van der Waals surface area contributed by atoms with Gasteiger partial charge >= 0.3 is 5.97 Å². The van der Waals surface area contributed by atoms with Gasteiger partial charge in [0.05, 0.1) is 6.42 Å². The fourth-order valence-corrected chi connectivity index (χ4v) is 3.42. The minimum absolute atomic E-state index is 0.0221. The molecule has 0 radical (unpaired) electrons. The fraction of sp³-hybridized carbons (Fsp3) is 0.654. The van der Waals surface area contributed by atoms with Crippen molar-refractivity contribution in [3.05, 3.63) is 48.0 Å². The van der Waals surface area contributed by atoms with Crippen LogP contribution in [0, 0.1) is 0 Å². The second-order valence-corrected chi connectivity index (χ2v) is 7.89. The molecule has 2 nitrogen and oxygen atoms in total. The number of rotatable bonds is 17. The highest BCUT2D eigenvalue weighted by atomic mass is 16.5. The third-order valence-electron chi connectivity index (χ3n) is 5.16. The third kappa shape index (κ3) is 13.6. The summed E-state index contributed by atoms with van der Waals surface area (Å²) in [6, 6.07) is 9.88. The van der Waals surface area contributed by atoms with E-state index in [1.807, 2.05) is 30.3 Å². The van der Waals surface area contributed by atoms with Crippen LogP contribution < -0.4 is 0 Å². The van der Waals surface area contributed by atoms with Crippen LogP contribution in [0.25, 0.3) is 0 Å². The quantitative estimate of drug-likeness (QED) is 0.155. The molecule has 1 atom stereocenters. The van der Waals surface area contributed by atoms with E-state index in [1.54, 1.807) is 0 Å². The smallest absolute Gasteiger partial charge is 0.310 e. The maximum absolute atomic E-state index is 12.3. The Morgan fingerprint density at radius 3 is 2.21 bits per heavy atom. The van der Waals surface area contributed by atoms with E-state index in [4.69, 9.17) is 4.74 Å². The number of allylic oxidation sites excluding steroid dienone is 1. The Morgan fingerprint density at radius 1 is 0.857 bits per heavy atom. The molecule has 0 fully saturated rings. The molecule has 0 amide bonds. The normalized spacial score (nSPS) is 12.4. The summed E-state index contributed by atoms with van der Waals surface area (Å²) in [7, 11) is 0. The topological polar surface area (TPSA) is 26.3 Å². The highest BCUT2D eigenvalue weighted by Crippen LogP contribution is 2.14. The van der Waals surface area contributed by atoms with Gasteiger partial charge in [-0.3, -0.25) is 4.79 Å². The Hall–Kier alpha value is -1.57. The van der Waals surface area contributed by atoms with E-state index < -0.39 is 0 Å². The maximum atomic E-state index is 12.3. The second kappa shape index (κ2) is 17.5. The van der Waals surface area contributed by atoms with Gasteiger partial charge in [0.1, 0.15) is 6.10 Å². The molecule has 0 spiro atoms. The van der Waals surface area contributed by atoms with Gasteiger partial charge in [-0.05, 0) is 31.2 Å². The average Bonchev–Trinajstić information content (AvgIpc) is 2.70. The summed E-state index contributed by atoms with van der Waals surface area (Å²) in [5, 5.41) is 0. The van der Waals surface area contributed by atoms with Crippen LogP contribution in [0.1, 0.15) is 103 Å². The number of benzene rings is 1. The lowest BCUT2D eigenvalue weighted by Crippen LogP contribution is -2.19. The zero-order chi connectivity index (χ0) is 20.3. The Kier molecular flexibility index (Phi) is 15.3. The van der Waals surface area contributed by atoms with Gasteiger partial charge in [-0.25, -0.2) is 0 Å². The molecule has 2 heteroatoms. The van der Waals surface area contributed by atoms with Crippen molar-refractivity contribution < 1.29 is 9.53 Å². The van der Waals surface area contributed by atoms with Gasteiger partial charge in [-0.15, -0.1) is 0 Å². The zero-order valence-corrected chi connectivity index (χ0v) is 18.3. The average molecular weight is 387 g/mol. The summed E-state index contributed by atoms with van der Waals surface area (Å²) in [6.07, 6.45) is 20.7. The first-order chi connectivity index (χ1) is 13.8. The molecule has 1 unspecified atom stereocenters. The largest absolute Gasteiger partial charge is 0.462 e. The lowest BCUT2D eigenvalue weighted by atomic mass is 10.1. The molecule has 0 saturated carbocycles. The molecule has 0 N–H and O–H groups in total. The van der Waals surface area contributed by atoms with Crippen LogP contribution in [0.4, 0.5) is 0 Å². The van der Waals surface area contributed by atoms with Crippen molar-refractivity contribution in [3.8, 4) is 0 Å². The van der Waals surface area contributed by atoms with Crippen LogP contribution in [-0.2, 0) is 16.0 Å². The predicted molar refractivity (Wildman–Crippen MR) is 121 cm³/mol. The van der Waals surface area contributed by atoms with Crippen LogP contribution in [0.5, 0.6) is 0 Å². The molecule has 28 heavy (non-hydrogen) atoms. The molecule has 0 aliphatic heterocycles. The van der Waals surface area contributed by atoms with E-state index in [9.17, 15) is 4.79 Å². The van der Waals surface area contributed by atoms with Gasteiger partial charge in [-0.1, -0.05) is 108 Å². The number of hydrogen-bond acceptors (Lipinski definition) is 2. The first-order valence-electron chi connectivity index (χ1n) is 11.6. The van der Waals surface area contributed by atoms with E-state index >= 15 is 0 Å². The van der Waals surface area contributed by atoms with Gasteiger partial charge in [0.2, 0.25) is 0 Å². The molecule has 0 heterocycles. The van der Waals surface area contributed by atoms with Crippen molar-refractivity contribution in [2.45, 2.75) is 110 Å². The molecule has 0 aliphatic rings. The minimum Gasteiger partial charge on any atom is -0.462 e. The van der Waals surface area contributed by atoms with Gasteiger partial charge in [0.25, 0.3) is 0 Å². The lowest BCUT2D eigenvalue weighted by molar-refractivity contribution is -0.148. The Morgan fingerprint density at radius 2 is 1.50 bits per heavy atom. The zero-order valence-electron chi connectivity index (χ0n) is 18.3. The monoisotopic (exact) mass is 386 g/mol. The van der Waals surface area contributed by atoms with Gasteiger partial charge in [0, 0.05) is 6.42 Å². The van der Waals surface area contributed by atoms with Crippen LogP contribution in [-0.4, -0.2) is 12.1 Å². The first kappa shape index (κ1) is 24.5. The molecule has 1 rings (SSSR count). The maximum Gasteiger partial charge on any atom is 0.310 e. The van der Waals surface area contributed by atoms with Crippen molar-refractivity contribution in [1.29, 1.82) is 0 Å². The molecule has 1 aromatic rings. The molecule has 0 aromatic heterocycles. The van der Waals surface area contributed by atoms with Crippen LogP contribution >= 0.6 is 0 Å². The lowest BCUT2D eigenvalue weighted by Gasteiger charge is -2.16. The van der Waals surface area contributed by atoms with E-state index in [1.165, 1.54) is 57.8 Å². The minimum atomic E-state index is -0.101. The number of carbonyl (C=O) groups is 1. The van der Waals surface area contributed by atoms with Gasteiger partial charge < -0.3 is 4.74 Å². The van der Waals surface area contributed by atoms with E-state index in [2.05, 4.69) is 26.0 Å². The standard InChI is InChI=1S/C26H42O2/c1-3-5-7-9-10-11-12-13-18-22-25(21-17-8-6-4-2)28-26(27)23-24-19-15-14-16-20-24/h13-16,18-20,25H,3-12,17,21-23H2,1-2H3/b18-13-. The molecule has 158 valence electrons. The predicted octanol–water partition coefficient (Wildman–Crippen LogP) is 7.81. The SMILES string of the molecule is CCCCCCCC/C=C\CC(CCCCCC)OC(=O)Cc1ccccc1. The molecule has 0 saturated heterocycles.